The molecule has 3 rings (SSSR count). The van der Waals surface area contributed by atoms with E-state index in [9.17, 15) is 5.11 Å². The number of rotatable bonds is 4. The van der Waals surface area contributed by atoms with Crippen LogP contribution in [-0.4, -0.2) is 20.5 Å². The van der Waals surface area contributed by atoms with E-state index in [1.54, 1.807) is 6.07 Å². The summed E-state index contributed by atoms with van der Waals surface area (Å²) in [4.78, 5) is 4.41. The Morgan fingerprint density at radius 1 is 1.29 bits per heavy atom. The van der Waals surface area contributed by atoms with Crippen molar-refractivity contribution in [2.24, 2.45) is 0 Å². The maximum Gasteiger partial charge on any atom is 0.261 e. The molecule has 1 saturated carbocycles. The molecule has 0 spiro atoms. The molecule has 0 saturated heterocycles. The third kappa shape index (κ3) is 3.59. The van der Waals surface area contributed by atoms with Crippen molar-refractivity contribution in [3.8, 4) is 17.2 Å². The van der Waals surface area contributed by atoms with Gasteiger partial charge in [0.15, 0.2) is 5.82 Å². The van der Waals surface area contributed by atoms with Crippen LogP contribution >= 0.6 is 11.8 Å². The van der Waals surface area contributed by atoms with Crippen LogP contribution in [-0.2, 0) is 5.75 Å². The first kappa shape index (κ1) is 14.4. The minimum absolute atomic E-state index is 0.177. The highest BCUT2D eigenvalue weighted by atomic mass is 32.2. The number of nitrogens with zero attached hydrogens (tertiary/aromatic N) is 2. The first-order valence-corrected chi connectivity index (χ1v) is 8.51. The van der Waals surface area contributed by atoms with Crippen LogP contribution in [0.3, 0.4) is 0 Å². The first-order valence-electron chi connectivity index (χ1n) is 7.46. The third-order valence-corrected chi connectivity index (χ3v) is 5.22. The lowest BCUT2D eigenvalue weighted by atomic mass is 10.0. The number of phenols is 1. The number of hydrogen-bond donors (Lipinski definition) is 1. The number of phenolic OH excluding ortho intramolecular Hbond substituents is 1. The summed E-state index contributed by atoms with van der Waals surface area (Å²) in [5.74, 6) is 2.06. The van der Waals surface area contributed by atoms with Crippen molar-refractivity contribution in [2.75, 3.05) is 0 Å². The number of aromatic hydroxyl groups is 1. The second-order valence-electron chi connectivity index (χ2n) is 5.61. The summed E-state index contributed by atoms with van der Waals surface area (Å²) >= 11 is 1.92. The molecule has 5 heteroatoms. The fourth-order valence-corrected chi connectivity index (χ4v) is 3.84. The van der Waals surface area contributed by atoms with Gasteiger partial charge in [0.1, 0.15) is 5.75 Å². The molecule has 112 valence electrons. The van der Waals surface area contributed by atoms with E-state index in [4.69, 9.17) is 4.52 Å². The molecule has 0 aliphatic heterocycles. The maximum absolute atomic E-state index is 9.90. The predicted molar refractivity (Wildman–Crippen MR) is 84.3 cm³/mol. The lowest BCUT2D eigenvalue weighted by molar-refractivity contribution is 0.419. The summed E-state index contributed by atoms with van der Waals surface area (Å²) in [5, 5.41) is 14.7. The minimum atomic E-state index is 0.177. The van der Waals surface area contributed by atoms with E-state index >= 15 is 0 Å². The Hall–Kier alpha value is -1.49. The molecule has 0 radical (unpaired) electrons. The highest BCUT2D eigenvalue weighted by Gasteiger charge is 2.17. The summed E-state index contributed by atoms with van der Waals surface area (Å²) in [6.45, 7) is 1.97. The van der Waals surface area contributed by atoms with Crippen molar-refractivity contribution in [3.63, 3.8) is 0 Å². The summed E-state index contributed by atoms with van der Waals surface area (Å²) in [6.07, 6.45) is 6.65. The molecule has 21 heavy (non-hydrogen) atoms. The average Bonchev–Trinajstić information content (AvgIpc) is 2.97. The molecule has 0 amide bonds. The van der Waals surface area contributed by atoms with Gasteiger partial charge < -0.3 is 9.63 Å². The Bertz CT molecular complexity index is 606. The van der Waals surface area contributed by atoms with Crippen LogP contribution < -0.4 is 0 Å². The van der Waals surface area contributed by atoms with Gasteiger partial charge in [-0.1, -0.05) is 36.0 Å². The molecule has 2 aromatic rings. The second kappa shape index (κ2) is 6.52. The molecule has 1 fully saturated rings. The van der Waals surface area contributed by atoms with E-state index in [-0.39, 0.29) is 5.75 Å². The van der Waals surface area contributed by atoms with Crippen molar-refractivity contribution >= 4 is 11.8 Å². The Labute approximate surface area is 129 Å². The zero-order chi connectivity index (χ0) is 14.7. The van der Waals surface area contributed by atoms with Gasteiger partial charge >= 0.3 is 0 Å². The molecule has 0 atom stereocenters. The van der Waals surface area contributed by atoms with E-state index in [1.807, 2.05) is 30.8 Å². The molecule has 1 N–H and O–H groups in total. The largest absolute Gasteiger partial charge is 0.507 e. The molecule has 1 aromatic carbocycles. The average molecular weight is 304 g/mol. The van der Waals surface area contributed by atoms with Crippen LogP contribution in [0.2, 0.25) is 0 Å². The zero-order valence-electron chi connectivity index (χ0n) is 12.2. The van der Waals surface area contributed by atoms with Gasteiger partial charge in [-0.25, -0.2) is 0 Å². The Balaban J connectivity index is 1.66. The molecule has 1 aromatic heterocycles. The number of hydrogen-bond acceptors (Lipinski definition) is 5. The van der Waals surface area contributed by atoms with Crippen LogP contribution in [0.1, 0.15) is 43.5 Å². The standard InChI is InChI=1S/C16H20N2O2S/c1-11-7-8-14(19)13(9-11)16-17-15(18-20-16)10-21-12-5-3-2-4-6-12/h7-9,12,19H,2-6,10H2,1H3. The number of aromatic nitrogens is 2. The highest BCUT2D eigenvalue weighted by Crippen LogP contribution is 2.32. The Morgan fingerprint density at radius 2 is 2.10 bits per heavy atom. The van der Waals surface area contributed by atoms with Crippen LogP contribution in [0.4, 0.5) is 0 Å². The predicted octanol–water partition coefficient (Wildman–Crippen LogP) is 4.32. The molecule has 4 nitrogen and oxygen atoms in total. The van der Waals surface area contributed by atoms with Gasteiger partial charge in [0, 0.05) is 5.25 Å². The topological polar surface area (TPSA) is 59.2 Å². The Morgan fingerprint density at radius 3 is 2.90 bits per heavy atom. The van der Waals surface area contributed by atoms with Gasteiger partial charge in [-0.05, 0) is 31.9 Å². The third-order valence-electron chi connectivity index (χ3n) is 3.85. The smallest absolute Gasteiger partial charge is 0.261 e. The molecule has 1 aliphatic carbocycles. The van der Waals surface area contributed by atoms with Gasteiger partial charge in [0.05, 0.1) is 11.3 Å². The quantitative estimate of drug-likeness (QED) is 0.911. The van der Waals surface area contributed by atoms with Gasteiger partial charge in [-0.3, -0.25) is 0 Å². The zero-order valence-corrected chi connectivity index (χ0v) is 13.0. The first-order chi connectivity index (χ1) is 10.2. The van der Waals surface area contributed by atoms with Crippen molar-refractivity contribution < 1.29 is 9.63 Å². The summed E-state index contributed by atoms with van der Waals surface area (Å²) < 4.78 is 5.29. The lowest BCUT2D eigenvalue weighted by Crippen LogP contribution is -2.08. The normalized spacial score (nSPS) is 16.2. The van der Waals surface area contributed by atoms with Gasteiger partial charge in [0.2, 0.25) is 0 Å². The van der Waals surface area contributed by atoms with Crippen LogP contribution in [0.25, 0.3) is 11.5 Å². The second-order valence-corrected chi connectivity index (χ2v) is 6.90. The highest BCUT2D eigenvalue weighted by molar-refractivity contribution is 7.99. The SMILES string of the molecule is Cc1ccc(O)c(-c2nc(CSC3CCCCC3)no2)c1. The molecular formula is C16H20N2O2S. The van der Waals surface area contributed by atoms with E-state index in [2.05, 4.69) is 10.1 Å². The lowest BCUT2D eigenvalue weighted by Gasteiger charge is -2.19. The van der Waals surface area contributed by atoms with Crippen molar-refractivity contribution in [2.45, 2.75) is 50.0 Å². The monoisotopic (exact) mass is 304 g/mol. The minimum Gasteiger partial charge on any atom is -0.507 e. The summed E-state index contributed by atoms with van der Waals surface area (Å²) in [5.41, 5.74) is 1.66. The van der Waals surface area contributed by atoms with Gasteiger partial charge in [-0.15, -0.1) is 0 Å². The molecular weight excluding hydrogens is 284 g/mol. The number of aryl methyl sites for hydroxylation is 1. The Kier molecular flexibility index (Phi) is 4.48. The van der Waals surface area contributed by atoms with Crippen LogP contribution in [0.5, 0.6) is 5.75 Å². The van der Waals surface area contributed by atoms with E-state index in [1.165, 1.54) is 32.1 Å². The van der Waals surface area contributed by atoms with Crippen molar-refractivity contribution in [3.05, 3.63) is 29.6 Å². The van der Waals surface area contributed by atoms with Crippen molar-refractivity contribution in [1.29, 1.82) is 0 Å². The fraction of sp³-hybridized carbons (Fsp3) is 0.500. The van der Waals surface area contributed by atoms with Crippen LogP contribution in [0, 0.1) is 6.92 Å². The van der Waals surface area contributed by atoms with E-state index in [0.29, 0.717) is 17.3 Å². The van der Waals surface area contributed by atoms with Crippen LogP contribution in [0.15, 0.2) is 22.7 Å². The summed E-state index contributed by atoms with van der Waals surface area (Å²) in [7, 11) is 0. The molecule has 1 heterocycles. The number of thioether (sulfide) groups is 1. The van der Waals surface area contributed by atoms with E-state index < -0.39 is 0 Å². The van der Waals surface area contributed by atoms with Crippen molar-refractivity contribution in [1.82, 2.24) is 10.1 Å². The van der Waals surface area contributed by atoms with E-state index in [0.717, 1.165) is 16.6 Å². The summed E-state index contributed by atoms with van der Waals surface area (Å²) in [6, 6.07) is 5.38. The van der Waals surface area contributed by atoms with Gasteiger partial charge in [-0.2, -0.15) is 16.7 Å². The fourth-order valence-electron chi connectivity index (χ4n) is 2.67. The van der Waals surface area contributed by atoms with Gasteiger partial charge in [0.25, 0.3) is 5.89 Å². The number of benzene rings is 1. The molecule has 0 unspecified atom stereocenters. The maximum atomic E-state index is 9.90. The molecule has 0 bridgehead atoms. The molecule has 1 aliphatic rings.